The fraction of sp³-hybridized carbons (Fsp3) is 0.478. The molecule has 2 heterocycles. The van der Waals surface area contributed by atoms with Crippen molar-refractivity contribution in [1.82, 2.24) is 4.90 Å². The zero-order valence-corrected chi connectivity index (χ0v) is 19.8. The number of nitrogens with one attached hydrogen (secondary N) is 1. The maximum atomic E-state index is 12.7. The fourth-order valence-corrected chi connectivity index (χ4v) is 5.82. The number of amides is 1. The van der Waals surface area contributed by atoms with E-state index in [9.17, 15) is 9.59 Å². The van der Waals surface area contributed by atoms with Gasteiger partial charge in [-0.1, -0.05) is 32.9 Å². The lowest BCUT2D eigenvalue weighted by atomic mass is 10.0. The Bertz CT molecular complexity index is 891. The smallest absolute Gasteiger partial charge is 0.341 e. The summed E-state index contributed by atoms with van der Waals surface area (Å²) in [5, 5.41) is 4.12. The van der Waals surface area contributed by atoms with E-state index in [1.54, 1.807) is 11.8 Å². The van der Waals surface area contributed by atoms with Crippen molar-refractivity contribution in [3.05, 3.63) is 45.8 Å². The maximum Gasteiger partial charge on any atom is 0.341 e. The Morgan fingerprint density at radius 1 is 1.27 bits per heavy atom. The van der Waals surface area contributed by atoms with Gasteiger partial charge in [0.1, 0.15) is 5.00 Å². The number of hydrogen-bond donors (Lipinski definition) is 1. The molecule has 0 spiro atoms. The lowest BCUT2D eigenvalue weighted by molar-refractivity contribution is -0.115. The van der Waals surface area contributed by atoms with Gasteiger partial charge < -0.3 is 10.1 Å². The summed E-state index contributed by atoms with van der Waals surface area (Å²) in [4.78, 5) is 29.9. The number of ether oxygens (including phenoxy) is 1. The molecule has 0 unspecified atom stereocenters. The first kappa shape index (κ1) is 22.8. The number of methoxy groups -OCH3 is 1. The summed E-state index contributed by atoms with van der Waals surface area (Å²) in [6, 6.07) is 8.10. The molecule has 1 amide bonds. The number of benzene rings is 1. The molecule has 7 heteroatoms. The van der Waals surface area contributed by atoms with Crippen molar-refractivity contribution in [1.29, 1.82) is 0 Å². The van der Waals surface area contributed by atoms with E-state index in [0.717, 1.165) is 48.5 Å². The Kier molecular flexibility index (Phi) is 7.97. The SMILES string of the molecule is CCCN1CCc2c(sc(NC(=O)Cc3ccc(SC(C)C)cc3)c2C(=O)OC)C1. The lowest BCUT2D eigenvalue weighted by Crippen LogP contribution is -2.30. The van der Waals surface area contributed by atoms with Crippen molar-refractivity contribution in [2.45, 2.75) is 56.7 Å². The van der Waals surface area contributed by atoms with Gasteiger partial charge in [-0.15, -0.1) is 23.1 Å². The standard InChI is InChI=1S/C23H30N2O3S2/c1-5-11-25-12-10-18-19(14-25)30-22(21(18)23(27)28-4)24-20(26)13-16-6-8-17(9-7-16)29-15(2)3/h6-9,15H,5,10-14H2,1-4H3,(H,24,26). The molecule has 5 nitrogen and oxygen atoms in total. The van der Waals surface area contributed by atoms with E-state index in [4.69, 9.17) is 4.74 Å². The van der Waals surface area contributed by atoms with Crippen molar-refractivity contribution in [3.63, 3.8) is 0 Å². The van der Waals surface area contributed by atoms with Gasteiger partial charge in [0, 0.05) is 28.1 Å². The first-order valence-corrected chi connectivity index (χ1v) is 12.1. The molecule has 3 rings (SSSR count). The zero-order chi connectivity index (χ0) is 21.7. The predicted molar refractivity (Wildman–Crippen MR) is 125 cm³/mol. The van der Waals surface area contributed by atoms with Crippen molar-refractivity contribution >= 4 is 40.0 Å². The average molecular weight is 447 g/mol. The molecular formula is C23H30N2O3S2. The number of esters is 1. The fourth-order valence-electron chi connectivity index (χ4n) is 3.68. The van der Waals surface area contributed by atoms with Crippen LogP contribution in [-0.4, -0.2) is 42.2 Å². The minimum atomic E-state index is -0.373. The van der Waals surface area contributed by atoms with E-state index < -0.39 is 0 Å². The molecule has 1 aliphatic heterocycles. The van der Waals surface area contributed by atoms with E-state index in [1.165, 1.54) is 23.3 Å². The molecule has 1 N–H and O–H groups in total. The van der Waals surface area contributed by atoms with Crippen LogP contribution in [0.4, 0.5) is 5.00 Å². The summed E-state index contributed by atoms with van der Waals surface area (Å²) in [5.41, 5.74) is 2.52. The molecular weight excluding hydrogens is 416 g/mol. The third-order valence-corrected chi connectivity index (χ3v) is 7.13. The number of hydrogen-bond acceptors (Lipinski definition) is 6. The van der Waals surface area contributed by atoms with Crippen LogP contribution in [0.1, 0.15) is 53.6 Å². The van der Waals surface area contributed by atoms with Crippen molar-refractivity contribution in [3.8, 4) is 0 Å². The lowest BCUT2D eigenvalue weighted by Gasteiger charge is -2.26. The Balaban J connectivity index is 1.73. The summed E-state index contributed by atoms with van der Waals surface area (Å²) in [7, 11) is 1.39. The molecule has 0 saturated heterocycles. The van der Waals surface area contributed by atoms with Gasteiger partial charge in [-0.05, 0) is 42.6 Å². The normalized spacial score (nSPS) is 13.9. The highest BCUT2D eigenvalue weighted by molar-refractivity contribution is 7.99. The Morgan fingerprint density at radius 3 is 2.63 bits per heavy atom. The van der Waals surface area contributed by atoms with E-state index in [1.807, 2.05) is 12.1 Å². The summed E-state index contributed by atoms with van der Waals surface area (Å²) in [6.45, 7) is 9.28. The van der Waals surface area contributed by atoms with E-state index in [0.29, 0.717) is 15.8 Å². The molecule has 30 heavy (non-hydrogen) atoms. The van der Waals surface area contributed by atoms with Gasteiger partial charge in [0.2, 0.25) is 5.91 Å². The molecule has 162 valence electrons. The summed E-state index contributed by atoms with van der Waals surface area (Å²) < 4.78 is 5.02. The molecule has 1 aromatic carbocycles. The summed E-state index contributed by atoms with van der Waals surface area (Å²) in [6.07, 6.45) is 2.18. The molecule has 1 aliphatic rings. The molecule has 0 radical (unpaired) electrons. The highest BCUT2D eigenvalue weighted by atomic mass is 32.2. The molecule has 0 atom stereocenters. The Labute approximate surface area is 187 Å². The average Bonchev–Trinajstić information content (AvgIpc) is 3.05. The van der Waals surface area contributed by atoms with Crippen LogP contribution in [0.25, 0.3) is 0 Å². The van der Waals surface area contributed by atoms with Crippen LogP contribution in [0.5, 0.6) is 0 Å². The van der Waals surface area contributed by atoms with Crippen LogP contribution in [0.15, 0.2) is 29.2 Å². The number of carbonyl (C=O) groups excluding carboxylic acids is 2. The number of fused-ring (bicyclic) bond motifs is 1. The van der Waals surface area contributed by atoms with Crippen LogP contribution >= 0.6 is 23.1 Å². The minimum absolute atomic E-state index is 0.117. The van der Waals surface area contributed by atoms with Gasteiger partial charge in [-0.2, -0.15) is 0 Å². The highest BCUT2D eigenvalue weighted by Gasteiger charge is 2.29. The molecule has 0 bridgehead atoms. The summed E-state index contributed by atoms with van der Waals surface area (Å²) in [5.74, 6) is -0.491. The number of rotatable bonds is 8. The number of thioether (sulfide) groups is 1. The van der Waals surface area contributed by atoms with Gasteiger partial charge in [0.05, 0.1) is 19.1 Å². The van der Waals surface area contributed by atoms with Crippen LogP contribution in [0, 0.1) is 0 Å². The second-order valence-corrected chi connectivity index (χ2v) is 10.5. The number of thiophene rings is 1. The second kappa shape index (κ2) is 10.5. The zero-order valence-electron chi connectivity index (χ0n) is 18.1. The van der Waals surface area contributed by atoms with Gasteiger partial charge in [-0.25, -0.2) is 4.79 Å². The minimum Gasteiger partial charge on any atom is -0.465 e. The molecule has 0 aliphatic carbocycles. The molecule has 1 aromatic heterocycles. The van der Waals surface area contributed by atoms with Crippen LogP contribution in [0.3, 0.4) is 0 Å². The van der Waals surface area contributed by atoms with Crippen LogP contribution in [-0.2, 0) is 28.9 Å². The Morgan fingerprint density at radius 2 is 2.00 bits per heavy atom. The van der Waals surface area contributed by atoms with Crippen LogP contribution in [0.2, 0.25) is 0 Å². The van der Waals surface area contributed by atoms with Crippen molar-refractivity contribution in [2.24, 2.45) is 0 Å². The van der Waals surface area contributed by atoms with Gasteiger partial charge >= 0.3 is 5.97 Å². The van der Waals surface area contributed by atoms with E-state index >= 15 is 0 Å². The predicted octanol–water partition coefficient (Wildman–Crippen LogP) is 4.98. The van der Waals surface area contributed by atoms with E-state index in [2.05, 4.69) is 43.1 Å². The van der Waals surface area contributed by atoms with Gasteiger partial charge in [0.15, 0.2) is 0 Å². The number of carbonyl (C=O) groups is 2. The third-order valence-electron chi connectivity index (χ3n) is 4.98. The largest absolute Gasteiger partial charge is 0.465 e. The topological polar surface area (TPSA) is 58.6 Å². The number of nitrogens with zero attached hydrogens (tertiary/aromatic N) is 1. The molecule has 0 fully saturated rings. The first-order chi connectivity index (χ1) is 14.4. The molecule has 2 aromatic rings. The van der Waals surface area contributed by atoms with Crippen LogP contribution < -0.4 is 5.32 Å². The van der Waals surface area contributed by atoms with Crippen molar-refractivity contribution in [2.75, 3.05) is 25.5 Å². The first-order valence-electron chi connectivity index (χ1n) is 10.4. The van der Waals surface area contributed by atoms with Crippen molar-refractivity contribution < 1.29 is 14.3 Å². The van der Waals surface area contributed by atoms with Gasteiger partial charge in [0.25, 0.3) is 0 Å². The molecule has 0 saturated carbocycles. The van der Waals surface area contributed by atoms with E-state index in [-0.39, 0.29) is 18.3 Å². The summed E-state index contributed by atoms with van der Waals surface area (Å²) >= 11 is 3.31. The Hall–Kier alpha value is -1.83. The third kappa shape index (κ3) is 5.65. The number of anilines is 1. The van der Waals surface area contributed by atoms with Gasteiger partial charge in [-0.3, -0.25) is 9.69 Å². The monoisotopic (exact) mass is 446 g/mol. The second-order valence-electron chi connectivity index (χ2n) is 7.76. The highest BCUT2D eigenvalue weighted by Crippen LogP contribution is 2.37. The maximum absolute atomic E-state index is 12.7. The quantitative estimate of drug-likeness (QED) is 0.458.